The zero-order valence-corrected chi connectivity index (χ0v) is 13.7. The maximum atomic E-state index is 12.3. The first kappa shape index (κ1) is 15.1. The normalized spacial score (nSPS) is 10.8. The zero-order chi connectivity index (χ0) is 15.5. The predicted octanol–water partition coefficient (Wildman–Crippen LogP) is 5.73. The van der Waals surface area contributed by atoms with E-state index in [2.05, 4.69) is 6.92 Å². The van der Waals surface area contributed by atoms with Crippen molar-refractivity contribution in [2.75, 3.05) is 0 Å². The minimum Gasteiger partial charge on any atom is -0.422 e. The highest BCUT2D eigenvalue weighted by Crippen LogP contribution is 2.35. The Balaban J connectivity index is 1.82. The molecule has 0 aliphatic heterocycles. The lowest BCUT2D eigenvalue weighted by atomic mass is 10.1. The van der Waals surface area contributed by atoms with E-state index in [9.17, 15) is 4.79 Å². The number of thiophene rings is 1. The van der Waals surface area contributed by atoms with Crippen LogP contribution in [0.4, 0.5) is 0 Å². The Morgan fingerprint density at radius 2 is 1.86 bits per heavy atom. The summed E-state index contributed by atoms with van der Waals surface area (Å²) >= 11 is 7.65. The van der Waals surface area contributed by atoms with Gasteiger partial charge in [-0.1, -0.05) is 55.3 Å². The van der Waals surface area contributed by atoms with Crippen molar-refractivity contribution in [3.05, 3.63) is 64.0 Å². The van der Waals surface area contributed by atoms with Crippen molar-refractivity contribution in [3.63, 3.8) is 0 Å². The molecule has 1 aromatic heterocycles. The average molecular weight is 331 g/mol. The Morgan fingerprint density at radius 3 is 2.55 bits per heavy atom. The number of hydrogen-bond acceptors (Lipinski definition) is 3. The standard InChI is InChI=1S/C18H15ClO2S/c1-2-5-12-8-10-13(11-9-12)21-18(20)17-16(19)14-6-3-4-7-15(14)22-17/h3-4,6-11H,2,5H2,1H3. The van der Waals surface area contributed by atoms with E-state index in [1.807, 2.05) is 48.5 Å². The number of fused-ring (bicyclic) bond motifs is 1. The van der Waals surface area contributed by atoms with Crippen LogP contribution in [0.25, 0.3) is 10.1 Å². The molecule has 3 aromatic rings. The molecule has 2 aromatic carbocycles. The van der Waals surface area contributed by atoms with Gasteiger partial charge in [0.25, 0.3) is 0 Å². The second-order valence-electron chi connectivity index (χ2n) is 5.02. The summed E-state index contributed by atoms with van der Waals surface area (Å²) in [6.45, 7) is 2.14. The maximum absolute atomic E-state index is 12.3. The van der Waals surface area contributed by atoms with Crippen molar-refractivity contribution in [3.8, 4) is 5.75 Å². The lowest BCUT2D eigenvalue weighted by molar-refractivity contribution is 0.0740. The topological polar surface area (TPSA) is 26.3 Å². The van der Waals surface area contributed by atoms with Gasteiger partial charge < -0.3 is 4.74 Å². The van der Waals surface area contributed by atoms with E-state index >= 15 is 0 Å². The molecule has 0 saturated carbocycles. The monoisotopic (exact) mass is 330 g/mol. The summed E-state index contributed by atoms with van der Waals surface area (Å²) in [4.78, 5) is 12.8. The van der Waals surface area contributed by atoms with Gasteiger partial charge in [0.15, 0.2) is 0 Å². The van der Waals surface area contributed by atoms with Crippen LogP contribution < -0.4 is 4.74 Å². The fourth-order valence-corrected chi connectivity index (χ4v) is 3.70. The first-order valence-electron chi connectivity index (χ1n) is 7.17. The van der Waals surface area contributed by atoms with E-state index in [4.69, 9.17) is 16.3 Å². The van der Waals surface area contributed by atoms with E-state index in [0.717, 1.165) is 22.9 Å². The summed E-state index contributed by atoms with van der Waals surface area (Å²) in [5, 5.41) is 1.35. The quantitative estimate of drug-likeness (QED) is 0.451. The molecule has 1 heterocycles. The molecule has 3 rings (SSSR count). The molecule has 22 heavy (non-hydrogen) atoms. The number of carbonyl (C=O) groups excluding carboxylic acids is 1. The summed E-state index contributed by atoms with van der Waals surface area (Å²) in [5.41, 5.74) is 1.24. The first-order chi connectivity index (χ1) is 10.7. The molecular formula is C18H15ClO2S. The lowest BCUT2D eigenvalue weighted by Crippen LogP contribution is -2.06. The Morgan fingerprint density at radius 1 is 1.14 bits per heavy atom. The Labute approximate surface area is 138 Å². The molecule has 0 radical (unpaired) electrons. The summed E-state index contributed by atoms with van der Waals surface area (Å²) in [6, 6.07) is 15.3. The number of halogens is 1. The molecule has 0 saturated heterocycles. The summed E-state index contributed by atoms with van der Waals surface area (Å²) < 4.78 is 6.42. The molecule has 0 bridgehead atoms. The van der Waals surface area contributed by atoms with Crippen LogP contribution in [0.5, 0.6) is 5.75 Å². The smallest absolute Gasteiger partial charge is 0.355 e. The predicted molar refractivity (Wildman–Crippen MR) is 92.2 cm³/mol. The highest BCUT2D eigenvalue weighted by molar-refractivity contribution is 7.21. The first-order valence-corrected chi connectivity index (χ1v) is 8.36. The number of hydrogen-bond donors (Lipinski definition) is 0. The van der Waals surface area contributed by atoms with Crippen LogP contribution in [0.3, 0.4) is 0 Å². The Bertz CT molecular complexity index is 806. The van der Waals surface area contributed by atoms with E-state index in [1.54, 1.807) is 0 Å². The fourth-order valence-electron chi connectivity index (χ4n) is 2.31. The maximum Gasteiger partial charge on any atom is 0.355 e. The summed E-state index contributed by atoms with van der Waals surface area (Å²) in [6.07, 6.45) is 2.12. The molecule has 0 N–H and O–H groups in total. The van der Waals surface area contributed by atoms with Gasteiger partial charge in [-0.2, -0.15) is 0 Å². The van der Waals surface area contributed by atoms with Crippen molar-refractivity contribution >= 4 is 39.0 Å². The molecule has 0 amide bonds. The minimum atomic E-state index is -0.408. The number of ether oxygens (including phenoxy) is 1. The van der Waals surface area contributed by atoms with E-state index in [1.165, 1.54) is 16.9 Å². The molecule has 4 heteroatoms. The molecule has 0 aliphatic rings. The number of benzene rings is 2. The number of esters is 1. The Hall–Kier alpha value is -1.84. The van der Waals surface area contributed by atoms with Gasteiger partial charge in [0.2, 0.25) is 0 Å². The zero-order valence-electron chi connectivity index (χ0n) is 12.1. The third-order valence-electron chi connectivity index (χ3n) is 3.39. The molecule has 2 nitrogen and oxygen atoms in total. The number of rotatable bonds is 4. The minimum absolute atomic E-state index is 0.408. The van der Waals surface area contributed by atoms with Gasteiger partial charge in [0, 0.05) is 10.1 Å². The third kappa shape index (κ3) is 3.01. The van der Waals surface area contributed by atoms with Crippen molar-refractivity contribution in [1.82, 2.24) is 0 Å². The fraction of sp³-hybridized carbons (Fsp3) is 0.167. The molecule has 0 unspecified atom stereocenters. The second kappa shape index (κ2) is 6.51. The van der Waals surface area contributed by atoms with Crippen molar-refractivity contribution < 1.29 is 9.53 Å². The van der Waals surface area contributed by atoms with Crippen molar-refractivity contribution in [2.24, 2.45) is 0 Å². The van der Waals surface area contributed by atoms with Gasteiger partial charge in [0.05, 0.1) is 5.02 Å². The second-order valence-corrected chi connectivity index (χ2v) is 6.45. The molecule has 0 spiro atoms. The van der Waals surface area contributed by atoms with Gasteiger partial charge in [0.1, 0.15) is 10.6 Å². The van der Waals surface area contributed by atoms with Crippen LogP contribution in [0.2, 0.25) is 5.02 Å². The summed E-state index contributed by atoms with van der Waals surface area (Å²) in [7, 11) is 0. The largest absolute Gasteiger partial charge is 0.422 e. The molecular weight excluding hydrogens is 316 g/mol. The average Bonchev–Trinajstić information content (AvgIpc) is 2.87. The highest BCUT2D eigenvalue weighted by atomic mass is 35.5. The van der Waals surface area contributed by atoms with Gasteiger partial charge in [-0.25, -0.2) is 4.79 Å². The molecule has 0 atom stereocenters. The lowest BCUT2D eigenvalue weighted by Gasteiger charge is -2.04. The number of carbonyl (C=O) groups is 1. The van der Waals surface area contributed by atoms with E-state index in [0.29, 0.717) is 15.6 Å². The van der Waals surface area contributed by atoms with Crippen LogP contribution >= 0.6 is 22.9 Å². The van der Waals surface area contributed by atoms with Crippen LogP contribution in [0, 0.1) is 0 Å². The SMILES string of the molecule is CCCc1ccc(OC(=O)c2sc3ccccc3c2Cl)cc1. The number of aryl methyl sites for hydroxylation is 1. The van der Waals surface area contributed by atoms with Crippen LogP contribution in [-0.2, 0) is 6.42 Å². The van der Waals surface area contributed by atoms with Gasteiger partial charge in [-0.15, -0.1) is 11.3 Å². The van der Waals surface area contributed by atoms with Crippen molar-refractivity contribution in [2.45, 2.75) is 19.8 Å². The van der Waals surface area contributed by atoms with Gasteiger partial charge in [-0.3, -0.25) is 0 Å². The molecule has 0 aliphatic carbocycles. The third-order valence-corrected chi connectivity index (χ3v) is 5.05. The van der Waals surface area contributed by atoms with E-state index < -0.39 is 5.97 Å². The van der Waals surface area contributed by atoms with Crippen LogP contribution in [0.15, 0.2) is 48.5 Å². The van der Waals surface area contributed by atoms with E-state index in [-0.39, 0.29) is 0 Å². The molecule has 112 valence electrons. The van der Waals surface area contributed by atoms with Crippen LogP contribution in [0.1, 0.15) is 28.6 Å². The highest BCUT2D eigenvalue weighted by Gasteiger charge is 2.18. The van der Waals surface area contributed by atoms with Crippen LogP contribution in [-0.4, -0.2) is 5.97 Å². The van der Waals surface area contributed by atoms with Crippen molar-refractivity contribution in [1.29, 1.82) is 0 Å². The van der Waals surface area contributed by atoms with Gasteiger partial charge in [-0.05, 0) is 30.2 Å². The summed E-state index contributed by atoms with van der Waals surface area (Å²) in [5.74, 6) is 0.132. The Kier molecular flexibility index (Phi) is 4.46. The van der Waals surface area contributed by atoms with Gasteiger partial charge >= 0.3 is 5.97 Å². The molecule has 0 fully saturated rings.